The molecule has 0 unspecified atom stereocenters. The predicted octanol–water partition coefficient (Wildman–Crippen LogP) is 4.29. The summed E-state index contributed by atoms with van der Waals surface area (Å²) in [5, 5.41) is 6.33. The molecule has 194 valence electrons. The van der Waals surface area contributed by atoms with E-state index in [-0.39, 0.29) is 15.9 Å². The number of benzene rings is 3. The number of halogens is 1. The number of piperazine rings is 1. The summed E-state index contributed by atoms with van der Waals surface area (Å²) in [7, 11) is -2.06. The van der Waals surface area contributed by atoms with Gasteiger partial charge < -0.3 is 15.0 Å². The second-order valence-electron chi connectivity index (χ2n) is 8.48. The number of amides is 1. The zero-order valence-electron chi connectivity index (χ0n) is 20.4. The molecule has 37 heavy (non-hydrogen) atoms. The van der Waals surface area contributed by atoms with E-state index in [1.165, 1.54) is 11.4 Å². The van der Waals surface area contributed by atoms with Crippen molar-refractivity contribution in [3.63, 3.8) is 0 Å². The maximum absolute atomic E-state index is 13.1. The van der Waals surface area contributed by atoms with Gasteiger partial charge in [-0.2, -0.15) is 4.31 Å². The molecule has 1 fully saturated rings. The standard InChI is InChI=1S/C26H27ClN4O4S2/c1-18-9-11-21(12-10-18)37(33,34)31-15-13-30(14-16-31)24-22(27)7-4-8-23(24)28-26(36)29-25(32)19-5-3-6-20(17-19)35-2/h3-12,17H,13-16H2,1-2H3,(H2,28,29,32,36). The number of rotatable bonds is 6. The highest BCUT2D eigenvalue weighted by atomic mass is 35.5. The topological polar surface area (TPSA) is 91.0 Å². The van der Waals surface area contributed by atoms with E-state index in [9.17, 15) is 13.2 Å². The van der Waals surface area contributed by atoms with Crippen LogP contribution in [0.1, 0.15) is 15.9 Å². The Hall–Kier alpha value is -3.18. The highest BCUT2D eigenvalue weighted by Crippen LogP contribution is 2.35. The van der Waals surface area contributed by atoms with E-state index < -0.39 is 10.0 Å². The first-order valence-corrected chi connectivity index (χ1v) is 13.8. The summed E-state index contributed by atoms with van der Waals surface area (Å²) >= 11 is 11.9. The number of carbonyl (C=O) groups excluding carboxylic acids is 1. The molecule has 1 aliphatic heterocycles. The van der Waals surface area contributed by atoms with Gasteiger partial charge in [-0.25, -0.2) is 8.42 Å². The molecule has 0 radical (unpaired) electrons. The minimum Gasteiger partial charge on any atom is -0.497 e. The number of nitrogens with one attached hydrogen (secondary N) is 2. The van der Waals surface area contributed by atoms with Crippen molar-refractivity contribution in [3.8, 4) is 5.75 Å². The lowest BCUT2D eigenvalue weighted by Crippen LogP contribution is -2.49. The van der Waals surface area contributed by atoms with E-state index in [0.717, 1.165) is 5.56 Å². The molecule has 0 aliphatic carbocycles. The molecule has 0 bridgehead atoms. The number of sulfonamides is 1. The molecule has 4 rings (SSSR count). The number of thiocarbonyl (C=S) groups is 1. The van der Waals surface area contributed by atoms with Crippen molar-refractivity contribution in [1.82, 2.24) is 9.62 Å². The second-order valence-corrected chi connectivity index (χ2v) is 11.2. The van der Waals surface area contributed by atoms with Crippen LogP contribution in [0.5, 0.6) is 5.75 Å². The van der Waals surface area contributed by atoms with Gasteiger partial charge in [0.1, 0.15) is 5.75 Å². The van der Waals surface area contributed by atoms with Crippen molar-refractivity contribution in [3.05, 3.63) is 82.9 Å². The molecule has 8 nitrogen and oxygen atoms in total. The maximum atomic E-state index is 13.1. The third-order valence-electron chi connectivity index (χ3n) is 6.01. The van der Waals surface area contributed by atoms with Gasteiger partial charge >= 0.3 is 0 Å². The van der Waals surface area contributed by atoms with Gasteiger partial charge in [-0.05, 0) is 61.6 Å². The Morgan fingerprint density at radius 3 is 2.35 bits per heavy atom. The minimum atomic E-state index is -3.59. The summed E-state index contributed by atoms with van der Waals surface area (Å²) < 4.78 is 32.8. The molecular formula is C26H27ClN4O4S2. The molecule has 0 saturated carbocycles. The molecule has 0 atom stereocenters. The number of hydrogen-bond acceptors (Lipinski definition) is 6. The fourth-order valence-corrected chi connectivity index (χ4v) is 5.96. The van der Waals surface area contributed by atoms with Crippen LogP contribution in [0.3, 0.4) is 0 Å². The third kappa shape index (κ3) is 6.22. The normalized spacial score (nSPS) is 14.2. The zero-order chi connectivity index (χ0) is 26.6. The molecule has 3 aromatic rings. The Bertz CT molecular complexity index is 1410. The Kier molecular flexibility index (Phi) is 8.33. The summed E-state index contributed by atoms with van der Waals surface area (Å²) in [6.45, 7) is 3.40. The highest BCUT2D eigenvalue weighted by molar-refractivity contribution is 7.89. The maximum Gasteiger partial charge on any atom is 0.257 e. The average molecular weight is 559 g/mol. The Morgan fingerprint density at radius 1 is 1.00 bits per heavy atom. The van der Waals surface area contributed by atoms with Crippen LogP contribution < -0.4 is 20.3 Å². The van der Waals surface area contributed by atoms with E-state index in [0.29, 0.717) is 53.9 Å². The average Bonchev–Trinajstić information content (AvgIpc) is 2.89. The molecule has 0 aromatic heterocycles. The molecule has 0 spiro atoms. The van der Waals surface area contributed by atoms with Crippen LogP contribution in [0.25, 0.3) is 0 Å². The van der Waals surface area contributed by atoms with Crippen LogP contribution in [-0.4, -0.2) is 57.0 Å². The van der Waals surface area contributed by atoms with Gasteiger partial charge in [0.15, 0.2) is 5.11 Å². The van der Waals surface area contributed by atoms with Crippen molar-refractivity contribution >= 4 is 56.2 Å². The first-order valence-electron chi connectivity index (χ1n) is 11.6. The molecule has 1 heterocycles. The number of anilines is 2. The Labute approximate surface area is 227 Å². The van der Waals surface area contributed by atoms with E-state index in [4.69, 9.17) is 28.6 Å². The van der Waals surface area contributed by atoms with Gasteiger partial charge in [0, 0.05) is 31.7 Å². The first kappa shape index (κ1) is 26.9. The highest BCUT2D eigenvalue weighted by Gasteiger charge is 2.30. The molecule has 11 heteroatoms. The van der Waals surface area contributed by atoms with Gasteiger partial charge in [-0.15, -0.1) is 0 Å². The third-order valence-corrected chi connectivity index (χ3v) is 8.43. The van der Waals surface area contributed by atoms with Crippen LogP contribution in [-0.2, 0) is 10.0 Å². The predicted molar refractivity (Wildman–Crippen MR) is 150 cm³/mol. The fourth-order valence-electron chi connectivity index (χ4n) is 4.04. The van der Waals surface area contributed by atoms with Crippen molar-refractivity contribution in [2.45, 2.75) is 11.8 Å². The van der Waals surface area contributed by atoms with E-state index in [1.54, 1.807) is 66.7 Å². The molecular weight excluding hydrogens is 532 g/mol. The van der Waals surface area contributed by atoms with E-state index in [2.05, 4.69) is 10.6 Å². The van der Waals surface area contributed by atoms with Crippen LogP contribution in [0.4, 0.5) is 11.4 Å². The van der Waals surface area contributed by atoms with Crippen LogP contribution in [0, 0.1) is 6.92 Å². The molecule has 1 saturated heterocycles. The van der Waals surface area contributed by atoms with Crippen molar-refractivity contribution < 1.29 is 17.9 Å². The van der Waals surface area contributed by atoms with E-state index in [1.807, 2.05) is 11.8 Å². The number of para-hydroxylation sites is 1. The number of aryl methyl sites for hydroxylation is 1. The van der Waals surface area contributed by atoms with Crippen LogP contribution in [0.15, 0.2) is 71.6 Å². The fraction of sp³-hybridized carbons (Fsp3) is 0.231. The Balaban J connectivity index is 1.44. The quantitative estimate of drug-likeness (QED) is 0.436. The summed E-state index contributed by atoms with van der Waals surface area (Å²) in [6, 6.07) is 18.9. The molecule has 1 amide bonds. The lowest BCUT2D eigenvalue weighted by Gasteiger charge is -2.36. The SMILES string of the molecule is COc1cccc(C(=O)NC(=S)Nc2cccc(Cl)c2N2CCN(S(=O)(=O)c3ccc(C)cc3)CC2)c1. The zero-order valence-corrected chi connectivity index (χ0v) is 22.8. The van der Waals surface area contributed by atoms with Gasteiger partial charge in [0.25, 0.3) is 5.91 Å². The summed E-state index contributed by atoms with van der Waals surface area (Å²) in [6.07, 6.45) is 0. The number of ether oxygens (including phenoxy) is 1. The molecule has 1 aliphatic rings. The lowest BCUT2D eigenvalue weighted by molar-refractivity contribution is 0.0977. The van der Waals surface area contributed by atoms with Crippen LogP contribution >= 0.6 is 23.8 Å². The Morgan fingerprint density at radius 2 is 1.68 bits per heavy atom. The van der Waals surface area contributed by atoms with Crippen LogP contribution in [0.2, 0.25) is 5.02 Å². The van der Waals surface area contributed by atoms with E-state index >= 15 is 0 Å². The monoisotopic (exact) mass is 558 g/mol. The second kappa shape index (κ2) is 11.5. The van der Waals surface area contributed by atoms with Gasteiger partial charge in [0.05, 0.1) is 28.4 Å². The van der Waals surface area contributed by atoms with Crippen molar-refractivity contribution in [1.29, 1.82) is 0 Å². The number of carbonyl (C=O) groups is 1. The van der Waals surface area contributed by atoms with Gasteiger partial charge in [-0.1, -0.05) is 41.4 Å². The van der Waals surface area contributed by atoms with Crippen molar-refractivity contribution in [2.75, 3.05) is 43.5 Å². The minimum absolute atomic E-state index is 0.108. The summed E-state index contributed by atoms with van der Waals surface area (Å²) in [5.41, 5.74) is 2.70. The smallest absolute Gasteiger partial charge is 0.257 e. The molecule has 2 N–H and O–H groups in total. The number of methoxy groups -OCH3 is 1. The lowest BCUT2D eigenvalue weighted by atomic mass is 10.2. The molecule has 3 aromatic carbocycles. The largest absolute Gasteiger partial charge is 0.497 e. The summed E-state index contributed by atoms with van der Waals surface area (Å²) in [5.74, 6) is 0.182. The first-order chi connectivity index (χ1) is 17.7. The van der Waals surface area contributed by atoms with Crippen molar-refractivity contribution in [2.24, 2.45) is 0 Å². The number of nitrogens with zero attached hydrogens (tertiary/aromatic N) is 2. The number of hydrogen-bond donors (Lipinski definition) is 2. The van der Waals surface area contributed by atoms with Gasteiger partial charge in [0.2, 0.25) is 10.0 Å². The van der Waals surface area contributed by atoms with Gasteiger partial charge in [-0.3, -0.25) is 10.1 Å². The summed E-state index contributed by atoms with van der Waals surface area (Å²) in [4.78, 5) is 14.9.